The molecule has 1 fully saturated rings. The summed E-state index contributed by atoms with van der Waals surface area (Å²) in [4.78, 5) is 6.90. The van der Waals surface area contributed by atoms with Gasteiger partial charge in [0.25, 0.3) is 0 Å². The molecule has 4 heteroatoms. The normalized spacial score (nSPS) is 17.9. The van der Waals surface area contributed by atoms with E-state index >= 15 is 0 Å². The van der Waals surface area contributed by atoms with Crippen LogP contribution in [0.1, 0.15) is 37.3 Å². The van der Waals surface area contributed by atoms with E-state index in [2.05, 4.69) is 68.3 Å². The molecule has 1 aromatic heterocycles. The molecule has 2 aromatic carbocycles. The zero-order chi connectivity index (χ0) is 18.5. The van der Waals surface area contributed by atoms with Crippen molar-refractivity contribution >= 4 is 26.7 Å². The number of nitrogens with zero attached hydrogens (tertiary/aromatic N) is 2. The molecule has 2 heterocycles. The first-order chi connectivity index (χ1) is 13.3. The predicted octanol–water partition coefficient (Wildman–Crippen LogP) is 5.99. The van der Waals surface area contributed by atoms with Crippen LogP contribution < -0.4 is 4.74 Å². The third-order valence-corrected chi connectivity index (χ3v) is 6.18. The van der Waals surface area contributed by atoms with Gasteiger partial charge in [-0.2, -0.15) is 0 Å². The minimum absolute atomic E-state index is 0.500. The number of piperidine rings is 1. The van der Waals surface area contributed by atoms with Crippen LogP contribution in [-0.2, 0) is 0 Å². The Kier molecular flexibility index (Phi) is 6.05. The van der Waals surface area contributed by atoms with Gasteiger partial charge >= 0.3 is 0 Å². The van der Waals surface area contributed by atoms with Crippen LogP contribution in [0.3, 0.4) is 0 Å². The van der Waals surface area contributed by atoms with Crippen LogP contribution in [0.15, 0.2) is 65.4 Å². The smallest absolute Gasteiger partial charge is 0.134 e. The highest BCUT2D eigenvalue weighted by molar-refractivity contribution is 9.10. The molecule has 4 rings (SSSR count). The van der Waals surface area contributed by atoms with Crippen LogP contribution in [0.2, 0.25) is 0 Å². The number of likely N-dealkylation sites (tertiary alicyclic amines) is 1. The van der Waals surface area contributed by atoms with E-state index in [1.807, 2.05) is 18.5 Å². The Balaban J connectivity index is 1.35. The minimum Gasteiger partial charge on any atom is -0.492 e. The van der Waals surface area contributed by atoms with Crippen molar-refractivity contribution in [1.29, 1.82) is 0 Å². The molecule has 0 radical (unpaired) electrons. The number of fused-ring (bicyclic) bond motifs is 1. The average molecular weight is 425 g/mol. The van der Waals surface area contributed by atoms with E-state index in [1.165, 1.54) is 42.1 Å². The van der Waals surface area contributed by atoms with Crippen molar-refractivity contribution in [2.75, 3.05) is 19.7 Å². The summed E-state index contributed by atoms with van der Waals surface area (Å²) in [5.74, 6) is 0.927. The van der Waals surface area contributed by atoms with Gasteiger partial charge in [-0.05, 0) is 70.2 Å². The van der Waals surface area contributed by atoms with Crippen molar-refractivity contribution in [2.45, 2.75) is 31.7 Å². The second-order valence-electron chi connectivity index (χ2n) is 7.13. The molecular formula is C23H25BrN2O. The van der Waals surface area contributed by atoms with E-state index in [1.54, 1.807) is 0 Å². The molecule has 0 N–H and O–H groups in total. The van der Waals surface area contributed by atoms with Crippen molar-refractivity contribution < 1.29 is 4.74 Å². The van der Waals surface area contributed by atoms with Gasteiger partial charge in [-0.15, -0.1) is 0 Å². The van der Waals surface area contributed by atoms with Crippen molar-refractivity contribution in [1.82, 2.24) is 9.88 Å². The summed E-state index contributed by atoms with van der Waals surface area (Å²) in [5.41, 5.74) is 1.34. The van der Waals surface area contributed by atoms with E-state index in [-0.39, 0.29) is 0 Å². The number of halogens is 1. The van der Waals surface area contributed by atoms with Crippen LogP contribution >= 0.6 is 15.9 Å². The largest absolute Gasteiger partial charge is 0.492 e. The van der Waals surface area contributed by atoms with Gasteiger partial charge in [0.1, 0.15) is 5.75 Å². The van der Waals surface area contributed by atoms with Crippen molar-refractivity contribution in [3.63, 3.8) is 0 Å². The molecule has 0 amide bonds. The lowest BCUT2D eigenvalue weighted by atomic mass is 9.96. The summed E-state index contributed by atoms with van der Waals surface area (Å²) in [6.45, 7) is 2.96. The molecular weight excluding hydrogens is 400 g/mol. The van der Waals surface area contributed by atoms with Crippen LogP contribution in [-0.4, -0.2) is 29.6 Å². The molecule has 140 valence electrons. The Labute approximate surface area is 169 Å². The molecule has 1 atom stereocenters. The SMILES string of the molecule is Brc1c(OCCCN2CCCC[C@@H]2c2cccnc2)ccc2ccccc12. The first kappa shape index (κ1) is 18.5. The van der Waals surface area contributed by atoms with Crippen molar-refractivity contribution in [3.8, 4) is 5.75 Å². The van der Waals surface area contributed by atoms with E-state index in [4.69, 9.17) is 4.74 Å². The highest BCUT2D eigenvalue weighted by Crippen LogP contribution is 2.33. The highest BCUT2D eigenvalue weighted by Gasteiger charge is 2.23. The lowest BCUT2D eigenvalue weighted by molar-refractivity contribution is 0.137. The maximum absolute atomic E-state index is 6.09. The Morgan fingerprint density at radius 3 is 2.89 bits per heavy atom. The summed E-state index contributed by atoms with van der Waals surface area (Å²) >= 11 is 3.71. The molecule has 3 aromatic rings. The minimum atomic E-state index is 0.500. The molecule has 1 aliphatic rings. The van der Waals surface area contributed by atoms with Gasteiger partial charge in [0.2, 0.25) is 0 Å². The van der Waals surface area contributed by atoms with E-state index in [0.717, 1.165) is 29.8 Å². The van der Waals surface area contributed by atoms with Crippen LogP contribution in [0.4, 0.5) is 0 Å². The molecule has 1 aliphatic heterocycles. The lowest BCUT2D eigenvalue weighted by Crippen LogP contribution is -2.34. The Morgan fingerprint density at radius 2 is 2.00 bits per heavy atom. The zero-order valence-electron chi connectivity index (χ0n) is 15.5. The molecule has 0 bridgehead atoms. The third kappa shape index (κ3) is 4.33. The second kappa shape index (κ2) is 8.85. The van der Waals surface area contributed by atoms with Crippen LogP contribution in [0, 0.1) is 0 Å². The van der Waals surface area contributed by atoms with Gasteiger partial charge < -0.3 is 4.74 Å². The van der Waals surface area contributed by atoms with E-state index in [0.29, 0.717) is 6.04 Å². The number of pyridine rings is 1. The second-order valence-corrected chi connectivity index (χ2v) is 7.93. The number of rotatable bonds is 6. The van der Waals surface area contributed by atoms with Gasteiger partial charge in [0.15, 0.2) is 0 Å². The third-order valence-electron chi connectivity index (χ3n) is 5.36. The Hall–Kier alpha value is -1.91. The predicted molar refractivity (Wildman–Crippen MR) is 114 cm³/mol. The summed E-state index contributed by atoms with van der Waals surface area (Å²) < 4.78 is 7.14. The standard InChI is InChI=1S/C23H25BrN2O/c24-23-20-9-2-1-7-18(20)11-12-22(23)27-16-6-15-26-14-4-3-10-21(26)19-8-5-13-25-17-19/h1-2,5,7-9,11-13,17,21H,3-4,6,10,14-16H2/t21-/m1/s1. The molecule has 0 unspecified atom stereocenters. The number of ether oxygens (including phenoxy) is 1. The topological polar surface area (TPSA) is 25.4 Å². The lowest BCUT2D eigenvalue weighted by Gasteiger charge is -2.35. The van der Waals surface area contributed by atoms with Crippen molar-refractivity contribution in [2.24, 2.45) is 0 Å². The van der Waals surface area contributed by atoms with Gasteiger partial charge in [0.05, 0.1) is 11.1 Å². The fraction of sp³-hybridized carbons (Fsp3) is 0.348. The molecule has 27 heavy (non-hydrogen) atoms. The van der Waals surface area contributed by atoms with Crippen LogP contribution in [0.25, 0.3) is 10.8 Å². The monoisotopic (exact) mass is 424 g/mol. The fourth-order valence-electron chi connectivity index (χ4n) is 3.98. The van der Waals surface area contributed by atoms with Gasteiger partial charge in [-0.3, -0.25) is 9.88 Å². The molecule has 3 nitrogen and oxygen atoms in total. The van der Waals surface area contributed by atoms with E-state index in [9.17, 15) is 0 Å². The maximum Gasteiger partial charge on any atom is 0.134 e. The first-order valence-corrected chi connectivity index (χ1v) is 10.6. The number of hydrogen-bond donors (Lipinski definition) is 0. The highest BCUT2D eigenvalue weighted by atomic mass is 79.9. The summed E-state index contributed by atoms with van der Waals surface area (Å²) in [6, 6.07) is 17.3. The molecule has 0 saturated carbocycles. The van der Waals surface area contributed by atoms with Gasteiger partial charge in [-0.25, -0.2) is 0 Å². The summed E-state index contributed by atoms with van der Waals surface area (Å²) in [5, 5.41) is 2.42. The van der Waals surface area contributed by atoms with E-state index < -0.39 is 0 Å². The number of hydrogen-bond acceptors (Lipinski definition) is 3. The quantitative estimate of drug-likeness (QED) is 0.454. The average Bonchev–Trinajstić information content (AvgIpc) is 2.74. The Morgan fingerprint density at radius 1 is 1.07 bits per heavy atom. The Bertz CT molecular complexity index is 884. The van der Waals surface area contributed by atoms with Crippen LogP contribution in [0.5, 0.6) is 5.75 Å². The summed E-state index contributed by atoms with van der Waals surface area (Å²) in [7, 11) is 0. The van der Waals surface area contributed by atoms with Gasteiger partial charge in [-0.1, -0.05) is 42.8 Å². The number of aromatic nitrogens is 1. The summed E-state index contributed by atoms with van der Waals surface area (Å²) in [6.07, 6.45) is 8.71. The maximum atomic E-state index is 6.09. The molecule has 0 spiro atoms. The van der Waals surface area contributed by atoms with Crippen molar-refractivity contribution in [3.05, 3.63) is 71.0 Å². The zero-order valence-corrected chi connectivity index (χ0v) is 17.1. The molecule has 0 aliphatic carbocycles. The number of benzene rings is 2. The van der Waals surface area contributed by atoms with Gasteiger partial charge in [0, 0.05) is 25.0 Å². The molecule has 1 saturated heterocycles. The first-order valence-electron chi connectivity index (χ1n) is 9.77. The fourth-order valence-corrected chi connectivity index (χ4v) is 4.59.